The quantitative estimate of drug-likeness (QED) is 0.813. The molecule has 0 atom stereocenters. The van der Waals surface area contributed by atoms with Crippen LogP contribution in [0.1, 0.15) is 12.7 Å². The number of nitrogens with zero attached hydrogens (tertiary/aromatic N) is 5. The van der Waals surface area contributed by atoms with Gasteiger partial charge in [-0.15, -0.1) is 10.2 Å². The minimum Gasteiger partial charge on any atom is -0.350 e. The van der Waals surface area contributed by atoms with Crippen LogP contribution in [0.5, 0.6) is 0 Å². The second kappa shape index (κ2) is 3.96. The van der Waals surface area contributed by atoms with Crippen molar-refractivity contribution >= 4 is 11.5 Å². The second-order valence-corrected chi connectivity index (χ2v) is 4.30. The standard InChI is InChI=1S/C11H16N6/c1-3-9-14-15-11-10(13-4-5-17(9)11)16-6-8(7-16)12-2/h4-5,8,12H,3,6-7H2,1-2H3. The van der Waals surface area contributed by atoms with E-state index in [-0.39, 0.29) is 0 Å². The molecule has 1 aliphatic heterocycles. The number of nitrogens with one attached hydrogen (secondary N) is 1. The Morgan fingerprint density at radius 2 is 2.24 bits per heavy atom. The minimum absolute atomic E-state index is 0.561. The summed E-state index contributed by atoms with van der Waals surface area (Å²) in [5.74, 6) is 1.92. The van der Waals surface area contributed by atoms with Crippen molar-refractivity contribution in [3.05, 3.63) is 18.2 Å². The first-order valence-electron chi connectivity index (χ1n) is 5.94. The van der Waals surface area contributed by atoms with E-state index in [4.69, 9.17) is 0 Å². The summed E-state index contributed by atoms with van der Waals surface area (Å²) in [5.41, 5.74) is 0.860. The Hall–Kier alpha value is -1.69. The maximum atomic E-state index is 4.42. The molecule has 1 saturated heterocycles. The van der Waals surface area contributed by atoms with Crippen LogP contribution in [0.4, 0.5) is 5.82 Å². The molecule has 0 aromatic carbocycles. The van der Waals surface area contributed by atoms with E-state index < -0.39 is 0 Å². The minimum atomic E-state index is 0.561. The van der Waals surface area contributed by atoms with E-state index in [0.717, 1.165) is 36.8 Å². The van der Waals surface area contributed by atoms with Gasteiger partial charge in [0.15, 0.2) is 5.82 Å². The third-order valence-corrected chi connectivity index (χ3v) is 3.28. The van der Waals surface area contributed by atoms with Gasteiger partial charge in [0.1, 0.15) is 5.82 Å². The van der Waals surface area contributed by atoms with Crippen LogP contribution in [0.2, 0.25) is 0 Å². The number of likely N-dealkylation sites (N-methyl/N-ethyl adjacent to an activating group) is 1. The molecule has 0 bridgehead atoms. The van der Waals surface area contributed by atoms with Gasteiger partial charge >= 0.3 is 0 Å². The molecule has 0 amide bonds. The van der Waals surface area contributed by atoms with E-state index in [9.17, 15) is 0 Å². The Bertz CT molecular complexity index is 528. The molecule has 0 spiro atoms. The molecule has 6 nitrogen and oxygen atoms in total. The molecule has 0 saturated carbocycles. The van der Waals surface area contributed by atoms with Crippen LogP contribution < -0.4 is 10.2 Å². The van der Waals surface area contributed by atoms with Gasteiger partial charge in [0.25, 0.3) is 0 Å². The molecular weight excluding hydrogens is 216 g/mol. The predicted octanol–water partition coefficient (Wildman–Crippen LogP) is 0.0947. The molecule has 3 heterocycles. The van der Waals surface area contributed by atoms with Gasteiger partial charge in [0, 0.05) is 37.9 Å². The van der Waals surface area contributed by atoms with Crippen molar-refractivity contribution in [1.29, 1.82) is 0 Å². The number of hydrogen-bond donors (Lipinski definition) is 1. The highest BCUT2D eigenvalue weighted by Gasteiger charge is 2.28. The van der Waals surface area contributed by atoms with E-state index in [1.165, 1.54) is 0 Å². The van der Waals surface area contributed by atoms with Crippen LogP contribution in [0, 0.1) is 0 Å². The number of rotatable bonds is 3. The highest BCUT2D eigenvalue weighted by molar-refractivity contribution is 5.65. The summed E-state index contributed by atoms with van der Waals surface area (Å²) in [7, 11) is 1.99. The van der Waals surface area contributed by atoms with E-state index in [1.807, 2.05) is 23.8 Å². The van der Waals surface area contributed by atoms with Crippen LogP contribution >= 0.6 is 0 Å². The summed E-state index contributed by atoms with van der Waals surface area (Å²) in [6, 6.07) is 0.561. The highest BCUT2D eigenvalue weighted by Crippen LogP contribution is 2.22. The molecule has 0 unspecified atom stereocenters. The van der Waals surface area contributed by atoms with Crippen molar-refractivity contribution in [2.75, 3.05) is 25.0 Å². The van der Waals surface area contributed by atoms with E-state index in [2.05, 4.69) is 32.3 Å². The third-order valence-electron chi connectivity index (χ3n) is 3.28. The summed E-state index contributed by atoms with van der Waals surface area (Å²) >= 11 is 0. The number of fused-ring (bicyclic) bond motifs is 1. The Morgan fingerprint density at radius 3 is 2.94 bits per heavy atom. The number of hydrogen-bond acceptors (Lipinski definition) is 5. The van der Waals surface area contributed by atoms with Gasteiger partial charge in [0.2, 0.25) is 5.65 Å². The maximum Gasteiger partial charge on any atom is 0.203 e. The first kappa shape index (κ1) is 10.5. The Morgan fingerprint density at radius 1 is 1.41 bits per heavy atom. The van der Waals surface area contributed by atoms with Crippen molar-refractivity contribution in [3.8, 4) is 0 Å². The van der Waals surface area contributed by atoms with Crippen LogP contribution in [-0.4, -0.2) is 45.8 Å². The zero-order valence-corrected chi connectivity index (χ0v) is 10.1. The lowest BCUT2D eigenvalue weighted by molar-refractivity contribution is 0.447. The monoisotopic (exact) mass is 232 g/mol. The highest BCUT2D eigenvalue weighted by atomic mass is 15.3. The van der Waals surface area contributed by atoms with Crippen molar-refractivity contribution in [2.45, 2.75) is 19.4 Å². The second-order valence-electron chi connectivity index (χ2n) is 4.30. The fourth-order valence-corrected chi connectivity index (χ4v) is 2.16. The van der Waals surface area contributed by atoms with Gasteiger partial charge in [-0.2, -0.15) is 0 Å². The average Bonchev–Trinajstić information content (AvgIpc) is 2.71. The van der Waals surface area contributed by atoms with E-state index in [1.54, 1.807) is 0 Å². The molecule has 6 heteroatoms. The maximum absolute atomic E-state index is 4.42. The Balaban J connectivity index is 1.97. The SMILES string of the molecule is CCc1nnc2c(N3CC(NC)C3)nccn12. The average molecular weight is 232 g/mol. The summed E-state index contributed by atoms with van der Waals surface area (Å²) in [6.07, 6.45) is 4.62. The van der Waals surface area contributed by atoms with Gasteiger partial charge in [-0.3, -0.25) is 4.40 Å². The lowest BCUT2D eigenvalue weighted by Gasteiger charge is -2.39. The summed E-state index contributed by atoms with van der Waals surface area (Å²) in [5, 5.41) is 11.7. The summed E-state index contributed by atoms with van der Waals surface area (Å²) in [6.45, 7) is 4.05. The number of aryl methyl sites for hydroxylation is 1. The molecule has 1 fully saturated rings. The lowest BCUT2D eigenvalue weighted by atomic mass is 10.1. The zero-order valence-electron chi connectivity index (χ0n) is 10.1. The van der Waals surface area contributed by atoms with Gasteiger partial charge in [-0.25, -0.2) is 4.98 Å². The van der Waals surface area contributed by atoms with Crippen molar-refractivity contribution in [3.63, 3.8) is 0 Å². The molecule has 2 aromatic heterocycles. The predicted molar refractivity (Wildman–Crippen MR) is 65.2 cm³/mol. The molecule has 0 aliphatic carbocycles. The Labute approximate surface area is 99.7 Å². The normalized spacial score (nSPS) is 16.5. The van der Waals surface area contributed by atoms with Gasteiger partial charge < -0.3 is 10.2 Å². The molecule has 1 N–H and O–H groups in total. The van der Waals surface area contributed by atoms with Crippen LogP contribution in [0.25, 0.3) is 5.65 Å². The molecule has 2 aromatic rings. The molecular formula is C11H16N6. The zero-order chi connectivity index (χ0) is 11.8. The molecule has 0 radical (unpaired) electrons. The topological polar surface area (TPSA) is 58.4 Å². The summed E-state index contributed by atoms with van der Waals surface area (Å²) in [4.78, 5) is 6.65. The smallest absolute Gasteiger partial charge is 0.203 e. The van der Waals surface area contributed by atoms with Crippen LogP contribution in [0.15, 0.2) is 12.4 Å². The van der Waals surface area contributed by atoms with E-state index in [0.29, 0.717) is 6.04 Å². The van der Waals surface area contributed by atoms with Crippen molar-refractivity contribution in [2.24, 2.45) is 0 Å². The fourth-order valence-electron chi connectivity index (χ4n) is 2.16. The first-order valence-corrected chi connectivity index (χ1v) is 5.94. The van der Waals surface area contributed by atoms with Crippen LogP contribution in [-0.2, 0) is 6.42 Å². The van der Waals surface area contributed by atoms with Crippen molar-refractivity contribution in [1.82, 2.24) is 24.9 Å². The fraction of sp³-hybridized carbons (Fsp3) is 0.545. The Kier molecular flexibility index (Phi) is 2.44. The molecule has 90 valence electrons. The largest absolute Gasteiger partial charge is 0.350 e. The number of aromatic nitrogens is 4. The molecule has 1 aliphatic rings. The molecule has 17 heavy (non-hydrogen) atoms. The van der Waals surface area contributed by atoms with Crippen molar-refractivity contribution < 1.29 is 0 Å². The first-order chi connectivity index (χ1) is 8.33. The summed E-state index contributed by atoms with van der Waals surface area (Å²) < 4.78 is 2.02. The number of anilines is 1. The van der Waals surface area contributed by atoms with Gasteiger partial charge in [0.05, 0.1) is 0 Å². The van der Waals surface area contributed by atoms with Gasteiger partial charge in [-0.1, -0.05) is 6.92 Å². The molecule has 3 rings (SSSR count). The van der Waals surface area contributed by atoms with Crippen LogP contribution in [0.3, 0.4) is 0 Å². The third kappa shape index (κ3) is 1.56. The van der Waals surface area contributed by atoms with Gasteiger partial charge in [-0.05, 0) is 7.05 Å². The lowest BCUT2D eigenvalue weighted by Crippen LogP contribution is -2.57. The van der Waals surface area contributed by atoms with E-state index >= 15 is 0 Å².